The van der Waals surface area contributed by atoms with Gasteiger partial charge in [-0.25, -0.2) is 0 Å². The van der Waals surface area contributed by atoms with Crippen molar-refractivity contribution in [3.05, 3.63) is 34.6 Å². The maximum atomic E-state index is 3.42. The number of dihydropyridines is 1. The van der Waals surface area contributed by atoms with Crippen LogP contribution in [0, 0.1) is 0 Å². The van der Waals surface area contributed by atoms with Crippen molar-refractivity contribution < 1.29 is 0 Å². The van der Waals surface area contributed by atoms with Gasteiger partial charge in [0, 0.05) is 18.7 Å². The van der Waals surface area contributed by atoms with Crippen LogP contribution < -0.4 is 16.0 Å². The van der Waals surface area contributed by atoms with E-state index in [-0.39, 0.29) is 0 Å². The van der Waals surface area contributed by atoms with Crippen molar-refractivity contribution >= 4 is 0 Å². The molecule has 3 N–H and O–H groups in total. The van der Waals surface area contributed by atoms with E-state index in [1.165, 1.54) is 22.4 Å². The number of hydrogen-bond donors (Lipinski definition) is 3. The van der Waals surface area contributed by atoms with Crippen LogP contribution in [-0.4, -0.2) is 26.8 Å². The van der Waals surface area contributed by atoms with Crippen LogP contribution in [0.4, 0.5) is 0 Å². The zero-order valence-corrected chi connectivity index (χ0v) is 12.4. The minimum Gasteiger partial charge on any atom is -0.385 e. The first-order valence-electron chi connectivity index (χ1n) is 6.78. The highest BCUT2D eigenvalue weighted by Gasteiger charge is 2.14. The van der Waals surface area contributed by atoms with Gasteiger partial charge in [0.05, 0.1) is 6.17 Å². The number of hydrogen-bond acceptors (Lipinski definition) is 3. The van der Waals surface area contributed by atoms with E-state index in [1.54, 1.807) is 0 Å². The summed E-state index contributed by atoms with van der Waals surface area (Å²) in [7, 11) is 3.98. The van der Waals surface area contributed by atoms with E-state index in [4.69, 9.17) is 0 Å². The van der Waals surface area contributed by atoms with Crippen molar-refractivity contribution in [1.29, 1.82) is 0 Å². The molecule has 0 fully saturated rings. The minimum atomic E-state index is 0.326. The smallest absolute Gasteiger partial charge is 0.0608 e. The Kier molecular flexibility index (Phi) is 6.16. The Hall–Kier alpha value is -1.06. The molecule has 0 saturated carbocycles. The molecule has 1 heterocycles. The monoisotopic (exact) mass is 249 g/mol. The number of allylic oxidation sites excluding steroid dienone is 4. The summed E-state index contributed by atoms with van der Waals surface area (Å²) in [6.07, 6.45) is 7.05. The van der Waals surface area contributed by atoms with Crippen LogP contribution in [0.1, 0.15) is 33.6 Å². The third-order valence-corrected chi connectivity index (χ3v) is 3.54. The number of rotatable bonds is 6. The van der Waals surface area contributed by atoms with Crippen LogP contribution in [0.2, 0.25) is 0 Å². The van der Waals surface area contributed by atoms with Gasteiger partial charge >= 0.3 is 0 Å². The van der Waals surface area contributed by atoms with Gasteiger partial charge in [-0.05, 0) is 45.5 Å². The maximum Gasteiger partial charge on any atom is 0.0608 e. The second kappa shape index (κ2) is 7.39. The van der Waals surface area contributed by atoms with Crippen LogP contribution in [0.15, 0.2) is 34.6 Å². The fourth-order valence-electron chi connectivity index (χ4n) is 2.08. The topological polar surface area (TPSA) is 36.1 Å². The molecular weight excluding hydrogens is 222 g/mol. The third kappa shape index (κ3) is 4.00. The Morgan fingerprint density at radius 2 is 2.11 bits per heavy atom. The van der Waals surface area contributed by atoms with Gasteiger partial charge in [0.1, 0.15) is 0 Å². The molecule has 3 heteroatoms. The Bertz CT molecular complexity index is 360. The third-order valence-electron chi connectivity index (χ3n) is 3.54. The summed E-state index contributed by atoms with van der Waals surface area (Å²) in [6.45, 7) is 7.49. The summed E-state index contributed by atoms with van der Waals surface area (Å²) in [5, 5.41) is 9.99. The van der Waals surface area contributed by atoms with Crippen molar-refractivity contribution in [3.63, 3.8) is 0 Å². The van der Waals surface area contributed by atoms with Crippen LogP contribution in [0.3, 0.4) is 0 Å². The lowest BCUT2D eigenvalue weighted by molar-refractivity contribution is 0.491. The Labute approximate surface area is 111 Å². The molecule has 0 amide bonds. The molecule has 18 heavy (non-hydrogen) atoms. The first-order chi connectivity index (χ1) is 8.62. The molecule has 0 saturated heterocycles. The molecule has 0 aromatic heterocycles. The zero-order valence-electron chi connectivity index (χ0n) is 12.4. The van der Waals surface area contributed by atoms with Crippen LogP contribution in [0.25, 0.3) is 0 Å². The average molecular weight is 249 g/mol. The first-order valence-corrected chi connectivity index (χ1v) is 6.78. The van der Waals surface area contributed by atoms with Gasteiger partial charge in [-0.1, -0.05) is 24.6 Å². The predicted octanol–water partition coefficient (Wildman–Crippen LogP) is 2.30. The Morgan fingerprint density at radius 1 is 1.44 bits per heavy atom. The van der Waals surface area contributed by atoms with Crippen molar-refractivity contribution in [2.45, 2.75) is 39.8 Å². The second-order valence-corrected chi connectivity index (χ2v) is 4.83. The Balaban J connectivity index is 2.91. The highest BCUT2D eigenvalue weighted by molar-refractivity contribution is 5.46. The molecule has 0 aromatic rings. The van der Waals surface area contributed by atoms with Crippen molar-refractivity contribution in [2.75, 3.05) is 20.6 Å². The molecular formula is C15H27N3. The Morgan fingerprint density at radius 3 is 2.67 bits per heavy atom. The van der Waals surface area contributed by atoms with Crippen molar-refractivity contribution in [3.8, 4) is 0 Å². The van der Waals surface area contributed by atoms with Gasteiger partial charge in [0.25, 0.3) is 0 Å². The standard InChI is InChI=1S/C15H27N3/c1-6-11(2)9-14-12(3)18-8-7-13(14)10-15(16-4)17-5/h7,9,15-18H,6,8,10H2,1-5H3/b11-9+. The molecule has 0 aromatic carbocycles. The maximum absolute atomic E-state index is 3.42. The van der Waals surface area contributed by atoms with Gasteiger partial charge in [0.15, 0.2) is 0 Å². The second-order valence-electron chi connectivity index (χ2n) is 4.83. The quantitative estimate of drug-likeness (QED) is 0.632. The molecule has 102 valence electrons. The van der Waals surface area contributed by atoms with Gasteiger partial charge in [-0.2, -0.15) is 0 Å². The van der Waals surface area contributed by atoms with Crippen LogP contribution in [0.5, 0.6) is 0 Å². The fourth-order valence-corrected chi connectivity index (χ4v) is 2.08. The summed E-state index contributed by atoms with van der Waals surface area (Å²) in [5.41, 5.74) is 5.49. The molecule has 0 spiro atoms. The summed E-state index contributed by atoms with van der Waals surface area (Å²) in [4.78, 5) is 0. The first kappa shape index (κ1) is 15.0. The molecule has 3 nitrogen and oxygen atoms in total. The van der Waals surface area contributed by atoms with Crippen LogP contribution in [-0.2, 0) is 0 Å². The highest BCUT2D eigenvalue weighted by Crippen LogP contribution is 2.24. The average Bonchev–Trinajstić information content (AvgIpc) is 2.39. The van der Waals surface area contributed by atoms with Gasteiger partial charge in [-0.3, -0.25) is 0 Å². The van der Waals surface area contributed by atoms with Gasteiger partial charge in [0.2, 0.25) is 0 Å². The normalized spacial score (nSPS) is 17.0. The molecule has 1 aliphatic heterocycles. The minimum absolute atomic E-state index is 0.326. The SMILES string of the molecule is CC/C(C)=C/C1=C(C)NCC=C1CC(NC)NC. The zero-order chi connectivity index (χ0) is 13.5. The largest absolute Gasteiger partial charge is 0.385 e. The lowest BCUT2D eigenvalue weighted by atomic mass is 9.94. The molecule has 0 bridgehead atoms. The van der Waals surface area contributed by atoms with E-state index >= 15 is 0 Å². The van der Waals surface area contributed by atoms with E-state index < -0.39 is 0 Å². The lowest BCUT2D eigenvalue weighted by Gasteiger charge is -2.24. The molecule has 1 aliphatic rings. The van der Waals surface area contributed by atoms with Crippen molar-refractivity contribution in [2.24, 2.45) is 0 Å². The number of nitrogens with one attached hydrogen (secondary N) is 3. The molecule has 0 aliphatic carbocycles. The van der Waals surface area contributed by atoms with E-state index in [0.717, 1.165) is 19.4 Å². The van der Waals surface area contributed by atoms with E-state index in [9.17, 15) is 0 Å². The molecule has 1 rings (SSSR count). The fraction of sp³-hybridized carbons (Fsp3) is 0.600. The highest BCUT2D eigenvalue weighted by atomic mass is 15.1. The van der Waals surface area contributed by atoms with Crippen LogP contribution >= 0.6 is 0 Å². The van der Waals surface area contributed by atoms with Gasteiger partial charge < -0.3 is 16.0 Å². The predicted molar refractivity (Wildman–Crippen MR) is 79.4 cm³/mol. The van der Waals surface area contributed by atoms with E-state index in [1.807, 2.05) is 14.1 Å². The molecule has 0 unspecified atom stereocenters. The van der Waals surface area contributed by atoms with Crippen molar-refractivity contribution in [1.82, 2.24) is 16.0 Å². The summed E-state index contributed by atoms with van der Waals surface area (Å²) < 4.78 is 0. The summed E-state index contributed by atoms with van der Waals surface area (Å²) in [6, 6.07) is 0. The van der Waals surface area contributed by atoms with Gasteiger partial charge in [-0.15, -0.1) is 0 Å². The lowest BCUT2D eigenvalue weighted by Crippen LogP contribution is -2.38. The summed E-state index contributed by atoms with van der Waals surface area (Å²) >= 11 is 0. The summed E-state index contributed by atoms with van der Waals surface area (Å²) in [5.74, 6) is 0. The molecule has 0 radical (unpaired) electrons. The van der Waals surface area contributed by atoms with E-state index in [0.29, 0.717) is 6.17 Å². The van der Waals surface area contributed by atoms with E-state index in [2.05, 4.69) is 48.9 Å². The molecule has 0 atom stereocenters.